The molecule has 2 aromatic rings. The zero-order valence-corrected chi connectivity index (χ0v) is 14.4. The van der Waals surface area contributed by atoms with Gasteiger partial charge in [0, 0.05) is 30.8 Å². The van der Waals surface area contributed by atoms with Gasteiger partial charge in [-0.15, -0.1) is 0 Å². The van der Waals surface area contributed by atoms with Gasteiger partial charge in [0.1, 0.15) is 35.0 Å². The lowest BCUT2D eigenvalue weighted by atomic mass is 10.1. The van der Waals surface area contributed by atoms with Crippen LogP contribution in [0.1, 0.15) is 28.9 Å². The molecule has 1 aliphatic carbocycles. The first kappa shape index (κ1) is 16.4. The molecule has 0 bridgehead atoms. The Morgan fingerprint density at radius 3 is 2.81 bits per heavy atom. The van der Waals surface area contributed by atoms with Crippen LogP contribution < -0.4 is 14.8 Å². The number of carbonyl (C=O) groups excluding carboxylic acids is 2. The average Bonchev–Trinajstić information content (AvgIpc) is 3.25. The summed E-state index contributed by atoms with van der Waals surface area (Å²) in [6.45, 7) is 2.15. The summed E-state index contributed by atoms with van der Waals surface area (Å²) in [5.74, 6) is 1.17. The molecule has 1 N–H and O–H groups in total. The molecule has 7 heteroatoms. The number of carbonyl (C=O) groups is 2. The lowest BCUT2D eigenvalue weighted by Crippen LogP contribution is -2.18. The summed E-state index contributed by atoms with van der Waals surface area (Å²) in [5, 5.41) is 2.53. The molecule has 1 fully saturated rings. The van der Waals surface area contributed by atoms with E-state index in [0.717, 1.165) is 11.3 Å². The lowest BCUT2D eigenvalue weighted by molar-refractivity contribution is -0.145. The van der Waals surface area contributed by atoms with Crippen LogP contribution in [0.3, 0.4) is 0 Å². The van der Waals surface area contributed by atoms with E-state index in [1.807, 2.05) is 12.1 Å². The second kappa shape index (κ2) is 6.33. The quantitative estimate of drug-likeness (QED) is 0.829. The van der Waals surface area contributed by atoms with Crippen molar-refractivity contribution in [3.05, 3.63) is 47.8 Å². The number of nitrogens with one attached hydrogen (secondary N) is 1. The standard InChI is InChI=1S/C19H18N2O5/c1-3-24-19(23)16-15-12-8-10(4-5-14(12)26-17(15)16)25-11-6-7-21-13(9-11)18(22)20-2/h4-9,15-17H,3H2,1-2H3,(H,20,22)/t15-,16-,17-/m0/s1. The van der Waals surface area contributed by atoms with E-state index in [0.29, 0.717) is 18.1 Å². The van der Waals surface area contributed by atoms with Gasteiger partial charge in [0.2, 0.25) is 0 Å². The Hall–Kier alpha value is -3.09. The van der Waals surface area contributed by atoms with Gasteiger partial charge in [-0.3, -0.25) is 14.6 Å². The van der Waals surface area contributed by atoms with Gasteiger partial charge in [0.25, 0.3) is 5.91 Å². The van der Waals surface area contributed by atoms with Gasteiger partial charge in [-0.25, -0.2) is 0 Å². The molecule has 2 aliphatic rings. The number of esters is 1. The molecule has 1 aromatic heterocycles. The number of benzene rings is 1. The Bertz CT molecular complexity index is 882. The molecule has 2 heterocycles. The van der Waals surface area contributed by atoms with Crippen LogP contribution in [0, 0.1) is 5.92 Å². The molecule has 1 amide bonds. The highest BCUT2D eigenvalue weighted by Crippen LogP contribution is 2.59. The fourth-order valence-corrected chi connectivity index (χ4v) is 3.29. The Labute approximate surface area is 150 Å². The highest BCUT2D eigenvalue weighted by atomic mass is 16.5. The monoisotopic (exact) mass is 354 g/mol. The second-order valence-corrected chi connectivity index (χ2v) is 6.14. The predicted molar refractivity (Wildman–Crippen MR) is 91.4 cm³/mol. The number of amides is 1. The van der Waals surface area contributed by atoms with Crippen molar-refractivity contribution in [3.63, 3.8) is 0 Å². The molecule has 4 rings (SSSR count). The summed E-state index contributed by atoms with van der Waals surface area (Å²) < 4.78 is 16.8. The highest BCUT2D eigenvalue weighted by Gasteiger charge is 2.63. The van der Waals surface area contributed by atoms with Crippen LogP contribution in [0.2, 0.25) is 0 Å². The van der Waals surface area contributed by atoms with Crippen molar-refractivity contribution in [2.75, 3.05) is 13.7 Å². The van der Waals surface area contributed by atoms with Crippen molar-refractivity contribution in [1.29, 1.82) is 0 Å². The summed E-state index contributed by atoms with van der Waals surface area (Å²) >= 11 is 0. The van der Waals surface area contributed by atoms with Crippen molar-refractivity contribution in [2.45, 2.75) is 18.9 Å². The maximum Gasteiger partial charge on any atom is 0.313 e. The van der Waals surface area contributed by atoms with Gasteiger partial charge >= 0.3 is 5.97 Å². The fraction of sp³-hybridized carbons (Fsp3) is 0.316. The first-order valence-electron chi connectivity index (χ1n) is 8.45. The summed E-state index contributed by atoms with van der Waals surface area (Å²) in [7, 11) is 1.55. The van der Waals surface area contributed by atoms with Gasteiger partial charge in [0.15, 0.2) is 0 Å². The molecule has 26 heavy (non-hydrogen) atoms. The van der Waals surface area contributed by atoms with Crippen molar-refractivity contribution < 1.29 is 23.8 Å². The Morgan fingerprint density at radius 2 is 2.04 bits per heavy atom. The molecule has 0 radical (unpaired) electrons. The molecule has 0 spiro atoms. The van der Waals surface area contributed by atoms with Crippen LogP contribution in [0.5, 0.6) is 17.2 Å². The third-order valence-electron chi connectivity index (χ3n) is 4.54. The Balaban J connectivity index is 1.53. The molecular weight excluding hydrogens is 336 g/mol. The molecule has 0 unspecified atom stereocenters. The zero-order chi connectivity index (χ0) is 18.3. The van der Waals surface area contributed by atoms with E-state index in [4.69, 9.17) is 14.2 Å². The minimum absolute atomic E-state index is 0.0199. The predicted octanol–water partition coefficient (Wildman–Crippen LogP) is 2.27. The fourth-order valence-electron chi connectivity index (χ4n) is 3.29. The van der Waals surface area contributed by atoms with Crippen molar-refractivity contribution in [1.82, 2.24) is 10.3 Å². The number of ether oxygens (including phenoxy) is 3. The topological polar surface area (TPSA) is 86.8 Å². The largest absolute Gasteiger partial charge is 0.489 e. The molecule has 134 valence electrons. The van der Waals surface area contributed by atoms with E-state index in [1.165, 1.54) is 6.20 Å². The van der Waals surface area contributed by atoms with Crippen LogP contribution in [0.4, 0.5) is 0 Å². The first-order chi connectivity index (χ1) is 12.6. The first-order valence-corrected chi connectivity index (χ1v) is 8.45. The van der Waals surface area contributed by atoms with E-state index >= 15 is 0 Å². The van der Waals surface area contributed by atoms with E-state index in [-0.39, 0.29) is 35.5 Å². The van der Waals surface area contributed by atoms with Crippen molar-refractivity contribution in [3.8, 4) is 17.2 Å². The molecule has 1 saturated carbocycles. The SMILES string of the molecule is CCOC(=O)[C@@H]1[C@H]2Oc3ccc(Oc4ccnc(C(=O)NC)c4)cc3[C@H]21. The normalized spacial score (nSPS) is 21.8. The van der Waals surface area contributed by atoms with Crippen molar-refractivity contribution >= 4 is 11.9 Å². The molecule has 1 aliphatic heterocycles. The number of aromatic nitrogens is 1. The van der Waals surface area contributed by atoms with Gasteiger partial charge in [-0.2, -0.15) is 0 Å². The third-order valence-corrected chi connectivity index (χ3v) is 4.54. The van der Waals surface area contributed by atoms with Crippen LogP contribution >= 0.6 is 0 Å². The minimum Gasteiger partial charge on any atom is -0.489 e. The van der Waals surface area contributed by atoms with Gasteiger partial charge in [-0.05, 0) is 31.2 Å². The lowest BCUT2D eigenvalue weighted by Gasteiger charge is -2.11. The average molecular weight is 354 g/mol. The van der Waals surface area contributed by atoms with E-state index in [1.54, 1.807) is 32.2 Å². The van der Waals surface area contributed by atoms with E-state index in [9.17, 15) is 9.59 Å². The molecular formula is C19H18N2O5. The number of rotatable bonds is 5. The number of hydrogen-bond acceptors (Lipinski definition) is 6. The maximum atomic E-state index is 12.0. The van der Waals surface area contributed by atoms with E-state index in [2.05, 4.69) is 10.3 Å². The van der Waals surface area contributed by atoms with Crippen LogP contribution in [-0.4, -0.2) is 36.6 Å². The molecule has 7 nitrogen and oxygen atoms in total. The second-order valence-electron chi connectivity index (χ2n) is 6.14. The van der Waals surface area contributed by atoms with Crippen LogP contribution in [-0.2, 0) is 9.53 Å². The smallest absolute Gasteiger partial charge is 0.313 e. The van der Waals surface area contributed by atoms with Gasteiger partial charge < -0.3 is 19.5 Å². The van der Waals surface area contributed by atoms with Gasteiger partial charge in [-0.1, -0.05) is 0 Å². The van der Waals surface area contributed by atoms with Gasteiger partial charge in [0.05, 0.1) is 6.61 Å². The molecule has 3 atom stereocenters. The van der Waals surface area contributed by atoms with Crippen molar-refractivity contribution in [2.24, 2.45) is 5.92 Å². The summed E-state index contributed by atoms with van der Waals surface area (Å²) in [4.78, 5) is 27.7. The number of nitrogens with zero attached hydrogens (tertiary/aromatic N) is 1. The minimum atomic E-state index is -0.282. The molecule has 1 aromatic carbocycles. The van der Waals surface area contributed by atoms with Crippen LogP contribution in [0.25, 0.3) is 0 Å². The number of fused-ring (bicyclic) bond motifs is 3. The highest BCUT2D eigenvalue weighted by molar-refractivity contribution is 5.92. The Kier molecular flexibility index (Phi) is 3.99. The summed E-state index contributed by atoms with van der Waals surface area (Å²) in [6, 6.07) is 8.75. The van der Waals surface area contributed by atoms with E-state index < -0.39 is 0 Å². The Morgan fingerprint density at radius 1 is 1.23 bits per heavy atom. The number of hydrogen-bond donors (Lipinski definition) is 1. The summed E-state index contributed by atoms with van der Waals surface area (Å²) in [6.07, 6.45) is 1.38. The van der Waals surface area contributed by atoms with Crippen LogP contribution in [0.15, 0.2) is 36.5 Å². The zero-order valence-electron chi connectivity index (χ0n) is 14.4. The number of pyridine rings is 1. The summed E-state index contributed by atoms with van der Waals surface area (Å²) in [5.41, 5.74) is 1.23. The maximum absolute atomic E-state index is 12.0. The third kappa shape index (κ3) is 2.75. The molecule has 0 saturated heterocycles.